The maximum atomic E-state index is 13.9. The van der Waals surface area contributed by atoms with E-state index < -0.39 is 54.0 Å². The normalized spacial score (nSPS) is 13.5. The fourth-order valence-electron chi connectivity index (χ4n) is 3.60. The molecule has 0 aromatic heterocycles. The summed E-state index contributed by atoms with van der Waals surface area (Å²) in [5.74, 6) is 0.747. The van der Waals surface area contributed by atoms with Crippen molar-refractivity contribution >= 4 is 23.8 Å². The van der Waals surface area contributed by atoms with E-state index in [0.29, 0.717) is 24.1 Å². The summed E-state index contributed by atoms with van der Waals surface area (Å²) in [7, 11) is 0. The number of hydrogen-bond donors (Lipinski definition) is 3. The number of amides is 4. The smallest absolute Gasteiger partial charge is 0.408 e. The first-order valence-corrected chi connectivity index (χ1v) is 12.3. The Morgan fingerprint density at radius 1 is 1.17 bits per heavy atom. The number of primary amides is 1. The zero-order valence-electron chi connectivity index (χ0n) is 22.2. The van der Waals surface area contributed by atoms with Gasteiger partial charge in [0.15, 0.2) is 0 Å². The monoisotopic (exact) mass is 500 g/mol. The minimum Gasteiger partial charge on any atom is -0.444 e. The van der Waals surface area contributed by atoms with Crippen LogP contribution in [0.1, 0.15) is 84.4 Å². The third-order valence-corrected chi connectivity index (χ3v) is 5.48. The van der Waals surface area contributed by atoms with Gasteiger partial charge in [-0.1, -0.05) is 44.4 Å². The van der Waals surface area contributed by atoms with Crippen molar-refractivity contribution in [2.24, 2.45) is 5.73 Å². The van der Waals surface area contributed by atoms with Gasteiger partial charge in [-0.2, -0.15) is 0 Å². The molecule has 0 aliphatic heterocycles. The van der Waals surface area contributed by atoms with E-state index >= 15 is 0 Å². The van der Waals surface area contributed by atoms with Gasteiger partial charge < -0.3 is 26.0 Å². The van der Waals surface area contributed by atoms with Crippen molar-refractivity contribution in [3.05, 3.63) is 35.4 Å². The highest BCUT2D eigenvalue weighted by Crippen LogP contribution is 2.29. The molecular formula is C27H40N4O5. The van der Waals surface area contributed by atoms with E-state index in [1.165, 1.54) is 4.90 Å². The first kappa shape index (κ1) is 30.5. The standard InChI is InChI=1S/C27H40N4O5/c1-8-11-16-29-24(33)23(20-15-13-12-14-19(20)10-3)31(18(4)9-2)25(34)21(17-22(28)32)30-26(35)36-27(5,6)7/h3,12-15,18,21,23H,8-9,11,16-17H2,1-2,4-7H3,(H2,28,32)(H,29,33)(H,30,35). The number of nitrogens with two attached hydrogens (primary N) is 1. The molecule has 1 rings (SSSR count). The Hall–Kier alpha value is -3.54. The average molecular weight is 501 g/mol. The van der Waals surface area contributed by atoms with E-state index in [4.69, 9.17) is 16.9 Å². The summed E-state index contributed by atoms with van der Waals surface area (Å²) in [4.78, 5) is 53.2. The van der Waals surface area contributed by atoms with Crippen molar-refractivity contribution in [2.75, 3.05) is 6.54 Å². The molecule has 3 unspecified atom stereocenters. The van der Waals surface area contributed by atoms with Gasteiger partial charge >= 0.3 is 6.09 Å². The summed E-state index contributed by atoms with van der Waals surface area (Å²) >= 11 is 0. The van der Waals surface area contributed by atoms with Crippen LogP contribution < -0.4 is 16.4 Å². The predicted octanol–water partition coefficient (Wildman–Crippen LogP) is 3.02. The van der Waals surface area contributed by atoms with E-state index in [9.17, 15) is 19.2 Å². The van der Waals surface area contributed by atoms with E-state index in [-0.39, 0.29) is 0 Å². The van der Waals surface area contributed by atoms with Crippen molar-refractivity contribution in [3.8, 4) is 12.3 Å². The summed E-state index contributed by atoms with van der Waals surface area (Å²) in [6.45, 7) is 11.1. The molecule has 1 aromatic rings. The maximum absolute atomic E-state index is 13.9. The maximum Gasteiger partial charge on any atom is 0.408 e. The Labute approximate surface area is 214 Å². The molecule has 4 amide bonds. The van der Waals surface area contributed by atoms with Gasteiger partial charge in [0, 0.05) is 18.2 Å². The van der Waals surface area contributed by atoms with Crippen LogP contribution in [0.3, 0.4) is 0 Å². The lowest BCUT2D eigenvalue weighted by atomic mass is 9.95. The van der Waals surface area contributed by atoms with Crippen LogP contribution in [0.5, 0.6) is 0 Å². The van der Waals surface area contributed by atoms with E-state index in [0.717, 1.165) is 12.8 Å². The SMILES string of the molecule is C#Cc1ccccc1C(C(=O)NCCCC)N(C(=O)C(CC(N)=O)NC(=O)OC(C)(C)C)C(C)CC. The zero-order chi connectivity index (χ0) is 27.5. The summed E-state index contributed by atoms with van der Waals surface area (Å²) in [5, 5.41) is 5.36. The molecule has 198 valence electrons. The number of hydrogen-bond acceptors (Lipinski definition) is 5. The molecule has 4 N–H and O–H groups in total. The Kier molecular flexibility index (Phi) is 12.0. The van der Waals surface area contributed by atoms with Crippen LogP contribution in [0.4, 0.5) is 4.79 Å². The zero-order valence-corrected chi connectivity index (χ0v) is 22.2. The number of carbonyl (C=O) groups is 4. The second-order valence-electron chi connectivity index (χ2n) is 9.65. The molecule has 1 aromatic carbocycles. The molecule has 36 heavy (non-hydrogen) atoms. The minimum absolute atomic E-state index is 0.408. The number of nitrogens with one attached hydrogen (secondary N) is 2. The Balaban J connectivity index is 3.58. The summed E-state index contributed by atoms with van der Waals surface area (Å²) < 4.78 is 5.28. The molecule has 0 aliphatic carbocycles. The number of terminal acetylenes is 1. The predicted molar refractivity (Wildman–Crippen MR) is 139 cm³/mol. The summed E-state index contributed by atoms with van der Waals surface area (Å²) in [6.07, 6.45) is 6.52. The fraction of sp³-hybridized carbons (Fsp3) is 0.556. The highest BCUT2D eigenvalue weighted by atomic mass is 16.6. The van der Waals surface area contributed by atoms with Gasteiger partial charge in [-0.05, 0) is 52.2 Å². The van der Waals surface area contributed by atoms with E-state index in [1.807, 2.05) is 13.8 Å². The van der Waals surface area contributed by atoms with Crippen molar-refractivity contribution < 1.29 is 23.9 Å². The Bertz CT molecular complexity index is 964. The van der Waals surface area contributed by atoms with Crippen LogP contribution in [0, 0.1) is 12.3 Å². The number of ether oxygens (including phenoxy) is 1. The fourth-order valence-corrected chi connectivity index (χ4v) is 3.60. The first-order valence-electron chi connectivity index (χ1n) is 12.3. The van der Waals surface area contributed by atoms with Gasteiger partial charge in [0.05, 0.1) is 6.42 Å². The van der Waals surface area contributed by atoms with Crippen LogP contribution in [0.25, 0.3) is 0 Å². The van der Waals surface area contributed by atoms with Gasteiger partial charge in [-0.3, -0.25) is 14.4 Å². The largest absolute Gasteiger partial charge is 0.444 e. The van der Waals surface area contributed by atoms with Crippen LogP contribution in [-0.2, 0) is 19.1 Å². The molecule has 3 atom stereocenters. The minimum atomic E-state index is -1.34. The molecule has 0 spiro atoms. The highest BCUT2D eigenvalue weighted by Gasteiger charge is 2.39. The Morgan fingerprint density at radius 2 is 1.81 bits per heavy atom. The lowest BCUT2D eigenvalue weighted by Crippen LogP contribution is -2.56. The van der Waals surface area contributed by atoms with Gasteiger partial charge in [-0.15, -0.1) is 6.42 Å². The molecule has 0 saturated heterocycles. The van der Waals surface area contributed by atoms with Crippen molar-refractivity contribution in [1.29, 1.82) is 0 Å². The number of carbonyl (C=O) groups excluding carboxylic acids is 4. The molecular weight excluding hydrogens is 460 g/mol. The van der Waals surface area contributed by atoms with Gasteiger partial charge in [0.1, 0.15) is 17.7 Å². The van der Waals surface area contributed by atoms with Crippen LogP contribution in [-0.4, -0.2) is 52.9 Å². The summed E-state index contributed by atoms with van der Waals surface area (Å²) in [6, 6.07) is 4.01. The Morgan fingerprint density at radius 3 is 2.33 bits per heavy atom. The average Bonchev–Trinajstić information content (AvgIpc) is 2.79. The molecule has 0 bridgehead atoms. The van der Waals surface area contributed by atoms with Crippen molar-refractivity contribution in [1.82, 2.24) is 15.5 Å². The molecule has 0 aliphatic rings. The number of rotatable bonds is 12. The number of unbranched alkanes of at least 4 members (excludes halogenated alkanes) is 1. The van der Waals surface area contributed by atoms with Crippen LogP contribution >= 0.6 is 0 Å². The van der Waals surface area contributed by atoms with E-state index in [2.05, 4.69) is 16.6 Å². The summed E-state index contributed by atoms with van der Waals surface area (Å²) in [5.41, 5.74) is 5.51. The second-order valence-corrected chi connectivity index (χ2v) is 9.65. The molecule has 0 saturated carbocycles. The van der Waals surface area contributed by atoms with Gasteiger partial charge in [-0.25, -0.2) is 4.79 Å². The second kappa shape index (κ2) is 14.1. The number of benzene rings is 1. The topological polar surface area (TPSA) is 131 Å². The molecule has 0 fully saturated rings. The quantitative estimate of drug-likeness (QED) is 0.300. The van der Waals surface area contributed by atoms with Crippen LogP contribution in [0.2, 0.25) is 0 Å². The van der Waals surface area contributed by atoms with Gasteiger partial charge in [0.2, 0.25) is 17.7 Å². The number of alkyl carbamates (subject to hydrolysis) is 1. The molecule has 0 heterocycles. The molecule has 0 radical (unpaired) electrons. The lowest BCUT2D eigenvalue weighted by Gasteiger charge is -2.38. The molecule has 9 heteroatoms. The highest BCUT2D eigenvalue weighted by molar-refractivity contribution is 5.95. The van der Waals surface area contributed by atoms with E-state index in [1.54, 1.807) is 52.0 Å². The molecule has 9 nitrogen and oxygen atoms in total. The first-order chi connectivity index (χ1) is 16.9. The number of nitrogens with zero attached hydrogens (tertiary/aromatic N) is 1. The lowest BCUT2D eigenvalue weighted by molar-refractivity contribution is -0.145. The third kappa shape index (κ3) is 9.25. The van der Waals surface area contributed by atoms with Crippen LogP contribution in [0.15, 0.2) is 24.3 Å². The third-order valence-electron chi connectivity index (χ3n) is 5.48. The van der Waals surface area contributed by atoms with Gasteiger partial charge in [0.25, 0.3) is 0 Å². The van der Waals surface area contributed by atoms with Crippen molar-refractivity contribution in [2.45, 2.75) is 91.0 Å². The van der Waals surface area contributed by atoms with Crippen molar-refractivity contribution in [3.63, 3.8) is 0 Å².